The molecule has 0 bridgehead atoms. The molecule has 0 spiro atoms. The number of carboxylic acid groups (broad SMARTS) is 1. The van der Waals surface area contributed by atoms with Crippen molar-refractivity contribution in [3.8, 4) is 0 Å². The summed E-state index contributed by atoms with van der Waals surface area (Å²) in [5.74, 6) is -0.875. The molecule has 0 heterocycles. The van der Waals surface area contributed by atoms with Crippen LogP contribution < -0.4 is 6.15 Å². The lowest BCUT2D eigenvalue weighted by Crippen LogP contribution is -2.11. The fourth-order valence-corrected chi connectivity index (χ4v) is 1.11. The van der Waals surface area contributed by atoms with E-state index in [1.165, 1.54) is 0 Å². The molecule has 0 radical (unpaired) electrons. The van der Waals surface area contributed by atoms with Crippen LogP contribution >= 0.6 is 0 Å². The van der Waals surface area contributed by atoms with Gasteiger partial charge in [0, 0.05) is 0 Å². The molecule has 0 aliphatic heterocycles. The fourth-order valence-electron chi connectivity index (χ4n) is 1.11. The summed E-state index contributed by atoms with van der Waals surface area (Å²) in [4.78, 5) is 10.6. The SMILES string of the molecule is CC(C)(C)c1ccc(C(=O)O)cc1.N. The van der Waals surface area contributed by atoms with Crippen LogP contribution in [-0.2, 0) is 5.41 Å². The summed E-state index contributed by atoms with van der Waals surface area (Å²) in [6, 6.07) is 7.01. The van der Waals surface area contributed by atoms with Gasteiger partial charge in [-0.05, 0) is 23.1 Å². The Balaban J connectivity index is 0.00000169. The van der Waals surface area contributed by atoms with Crippen molar-refractivity contribution in [2.45, 2.75) is 26.2 Å². The molecule has 3 nitrogen and oxygen atoms in total. The maximum absolute atomic E-state index is 10.6. The smallest absolute Gasteiger partial charge is 0.335 e. The average Bonchev–Trinajstić information content (AvgIpc) is 2.03. The van der Waals surface area contributed by atoms with Gasteiger partial charge in [0.25, 0.3) is 0 Å². The Bertz CT molecular complexity index is 309. The first-order valence-corrected chi connectivity index (χ1v) is 4.25. The molecule has 78 valence electrons. The molecule has 1 aromatic rings. The number of carboxylic acids is 1. The number of benzene rings is 1. The molecule has 0 amide bonds. The van der Waals surface area contributed by atoms with E-state index in [-0.39, 0.29) is 11.6 Å². The van der Waals surface area contributed by atoms with Crippen LogP contribution in [0.25, 0.3) is 0 Å². The lowest BCUT2D eigenvalue weighted by molar-refractivity contribution is 0.0697. The highest BCUT2D eigenvalue weighted by Crippen LogP contribution is 2.21. The van der Waals surface area contributed by atoms with Crippen molar-refractivity contribution in [3.05, 3.63) is 35.4 Å². The number of carbonyl (C=O) groups is 1. The Morgan fingerprint density at radius 1 is 1.14 bits per heavy atom. The highest BCUT2D eigenvalue weighted by atomic mass is 16.4. The van der Waals surface area contributed by atoms with E-state index in [2.05, 4.69) is 20.8 Å². The molecule has 0 fully saturated rings. The fraction of sp³-hybridized carbons (Fsp3) is 0.364. The number of hydrogen-bond donors (Lipinski definition) is 2. The van der Waals surface area contributed by atoms with E-state index in [9.17, 15) is 4.79 Å². The second-order valence-corrected chi connectivity index (χ2v) is 4.13. The Hall–Kier alpha value is -1.35. The lowest BCUT2D eigenvalue weighted by Gasteiger charge is -2.18. The molecule has 0 saturated carbocycles. The van der Waals surface area contributed by atoms with Gasteiger partial charge in [0.1, 0.15) is 0 Å². The van der Waals surface area contributed by atoms with E-state index in [0.717, 1.165) is 5.56 Å². The number of rotatable bonds is 1. The molecule has 0 aliphatic carbocycles. The van der Waals surface area contributed by atoms with Crippen molar-refractivity contribution >= 4 is 5.97 Å². The molecule has 1 aromatic carbocycles. The van der Waals surface area contributed by atoms with Gasteiger partial charge in [-0.3, -0.25) is 0 Å². The van der Waals surface area contributed by atoms with Gasteiger partial charge >= 0.3 is 5.97 Å². The molecular formula is C11H17NO2. The summed E-state index contributed by atoms with van der Waals surface area (Å²) in [6.07, 6.45) is 0. The quantitative estimate of drug-likeness (QED) is 0.723. The summed E-state index contributed by atoms with van der Waals surface area (Å²) in [5.41, 5.74) is 1.57. The maximum Gasteiger partial charge on any atom is 0.335 e. The second-order valence-electron chi connectivity index (χ2n) is 4.13. The van der Waals surface area contributed by atoms with Gasteiger partial charge in [-0.2, -0.15) is 0 Å². The minimum atomic E-state index is -0.875. The first kappa shape index (κ1) is 12.7. The van der Waals surface area contributed by atoms with Gasteiger partial charge < -0.3 is 11.3 Å². The van der Waals surface area contributed by atoms with E-state index in [4.69, 9.17) is 5.11 Å². The Kier molecular flexibility index (Phi) is 3.83. The number of aromatic carboxylic acids is 1. The van der Waals surface area contributed by atoms with Crippen LogP contribution in [0.4, 0.5) is 0 Å². The monoisotopic (exact) mass is 195 g/mol. The highest BCUT2D eigenvalue weighted by Gasteiger charge is 2.13. The van der Waals surface area contributed by atoms with Gasteiger partial charge in [0.05, 0.1) is 5.56 Å². The van der Waals surface area contributed by atoms with Gasteiger partial charge in [-0.15, -0.1) is 0 Å². The van der Waals surface area contributed by atoms with Crippen LogP contribution in [0.5, 0.6) is 0 Å². The molecule has 0 aliphatic rings. The molecule has 0 unspecified atom stereocenters. The minimum absolute atomic E-state index is 0. The van der Waals surface area contributed by atoms with Gasteiger partial charge in [0.15, 0.2) is 0 Å². The van der Waals surface area contributed by atoms with Crippen LogP contribution in [0.3, 0.4) is 0 Å². The normalized spacial score (nSPS) is 10.5. The van der Waals surface area contributed by atoms with E-state index < -0.39 is 5.97 Å². The van der Waals surface area contributed by atoms with Crippen molar-refractivity contribution in [1.82, 2.24) is 6.15 Å². The molecule has 14 heavy (non-hydrogen) atoms. The zero-order valence-electron chi connectivity index (χ0n) is 8.87. The average molecular weight is 195 g/mol. The Labute approximate surface area is 84.3 Å². The first-order chi connectivity index (χ1) is 5.91. The van der Waals surface area contributed by atoms with Crippen molar-refractivity contribution in [2.75, 3.05) is 0 Å². The van der Waals surface area contributed by atoms with E-state index >= 15 is 0 Å². The van der Waals surface area contributed by atoms with Gasteiger partial charge in [-0.1, -0.05) is 32.9 Å². The molecule has 4 N–H and O–H groups in total. The van der Waals surface area contributed by atoms with Crippen LogP contribution in [0.1, 0.15) is 36.7 Å². The van der Waals surface area contributed by atoms with Crippen molar-refractivity contribution < 1.29 is 9.90 Å². The van der Waals surface area contributed by atoms with Crippen molar-refractivity contribution in [2.24, 2.45) is 0 Å². The Morgan fingerprint density at radius 2 is 1.57 bits per heavy atom. The van der Waals surface area contributed by atoms with E-state index in [1.54, 1.807) is 12.1 Å². The van der Waals surface area contributed by atoms with E-state index in [1.807, 2.05) is 12.1 Å². The van der Waals surface area contributed by atoms with Crippen LogP contribution in [0.15, 0.2) is 24.3 Å². The third-order valence-electron chi connectivity index (χ3n) is 2.00. The summed E-state index contributed by atoms with van der Waals surface area (Å²) in [5, 5.41) is 8.68. The maximum atomic E-state index is 10.6. The zero-order chi connectivity index (χ0) is 10.1. The first-order valence-electron chi connectivity index (χ1n) is 4.25. The summed E-state index contributed by atoms with van der Waals surface area (Å²) < 4.78 is 0. The van der Waals surface area contributed by atoms with Gasteiger partial charge in [0.2, 0.25) is 0 Å². The predicted octanol–water partition coefficient (Wildman–Crippen LogP) is 2.84. The molecular weight excluding hydrogens is 178 g/mol. The standard InChI is InChI=1S/C11H14O2.H3N/c1-11(2,3)9-6-4-8(5-7-9)10(12)13;/h4-7H,1-3H3,(H,12,13);1H3. The highest BCUT2D eigenvalue weighted by molar-refractivity contribution is 5.87. The predicted molar refractivity (Wildman–Crippen MR) is 57.1 cm³/mol. The lowest BCUT2D eigenvalue weighted by atomic mass is 9.87. The largest absolute Gasteiger partial charge is 0.478 e. The zero-order valence-corrected chi connectivity index (χ0v) is 8.87. The summed E-state index contributed by atoms with van der Waals surface area (Å²) in [7, 11) is 0. The molecule has 0 atom stereocenters. The van der Waals surface area contributed by atoms with Crippen LogP contribution in [0, 0.1) is 0 Å². The third-order valence-corrected chi connectivity index (χ3v) is 2.00. The second kappa shape index (κ2) is 4.24. The van der Waals surface area contributed by atoms with Crippen molar-refractivity contribution in [1.29, 1.82) is 0 Å². The topological polar surface area (TPSA) is 72.3 Å². The van der Waals surface area contributed by atoms with Gasteiger partial charge in [-0.25, -0.2) is 4.79 Å². The summed E-state index contributed by atoms with van der Waals surface area (Å²) in [6.45, 7) is 6.30. The van der Waals surface area contributed by atoms with Crippen LogP contribution in [-0.4, -0.2) is 11.1 Å². The summed E-state index contributed by atoms with van der Waals surface area (Å²) >= 11 is 0. The Morgan fingerprint density at radius 3 is 1.86 bits per heavy atom. The van der Waals surface area contributed by atoms with Crippen LogP contribution in [0.2, 0.25) is 0 Å². The molecule has 0 aromatic heterocycles. The van der Waals surface area contributed by atoms with E-state index in [0.29, 0.717) is 5.56 Å². The minimum Gasteiger partial charge on any atom is -0.478 e. The third kappa shape index (κ3) is 2.85. The molecule has 3 heteroatoms. The van der Waals surface area contributed by atoms with Crippen molar-refractivity contribution in [3.63, 3.8) is 0 Å². The number of hydrogen-bond acceptors (Lipinski definition) is 2. The molecule has 1 rings (SSSR count). The molecule has 0 saturated heterocycles.